The molecule has 0 aromatic rings. The predicted molar refractivity (Wildman–Crippen MR) is 65.6 cm³/mol. The van der Waals surface area contributed by atoms with Crippen molar-refractivity contribution in [2.24, 2.45) is 0 Å². The summed E-state index contributed by atoms with van der Waals surface area (Å²) in [5.74, 6) is 0. The topological polar surface area (TPSA) is 19.9 Å². The Kier molecular flexibility index (Phi) is 8.59. The van der Waals surface area contributed by atoms with E-state index in [9.17, 15) is 4.80 Å². The summed E-state index contributed by atoms with van der Waals surface area (Å²) in [4.78, 5) is 12.5. The van der Waals surface area contributed by atoms with Crippen molar-refractivity contribution in [3.63, 3.8) is 0 Å². The number of hydrogen-bond donors (Lipinski definition) is 0. The van der Waals surface area contributed by atoms with E-state index in [1.165, 1.54) is 38.5 Å². The highest BCUT2D eigenvalue weighted by molar-refractivity contribution is 6.72. The Morgan fingerprint density at radius 1 is 0.714 bits per heavy atom. The van der Waals surface area contributed by atoms with Crippen LogP contribution in [0.1, 0.15) is 59.3 Å². The largest absolute Gasteiger partial charge is 0.297 e. The minimum Gasteiger partial charge on any atom is -0.297 e. The van der Waals surface area contributed by atoms with Gasteiger partial charge in [0.2, 0.25) is 8.32 Å². The van der Waals surface area contributed by atoms with Gasteiger partial charge in [-0.3, -0.25) is 4.80 Å². The molecule has 1 radical (unpaired) electrons. The fraction of sp³-hybridized carbons (Fsp3) is 1.00. The first-order chi connectivity index (χ1) is 6.68. The number of unbranched alkanes of at least 4 members (excludes halogenated alkanes) is 3. The molecule has 0 spiro atoms. The van der Waals surface area contributed by atoms with Crippen molar-refractivity contribution < 1.29 is 4.80 Å². The van der Waals surface area contributed by atoms with E-state index in [2.05, 4.69) is 20.8 Å². The zero-order valence-electron chi connectivity index (χ0n) is 10.3. The van der Waals surface area contributed by atoms with Gasteiger partial charge in [-0.2, -0.15) is 0 Å². The molecule has 14 heavy (non-hydrogen) atoms. The summed E-state index contributed by atoms with van der Waals surface area (Å²) in [6.45, 7) is 6.57. The molecule has 0 fully saturated rings. The molecule has 0 aliphatic carbocycles. The summed E-state index contributed by atoms with van der Waals surface area (Å²) >= 11 is 0. The molecule has 0 saturated carbocycles. The molecular formula is C12H27OSi. The highest BCUT2D eigenvalue weighted by Gasteiger charge is 2.31. The first kappa shape index (κ1) is 14.2. The second-order valence-corrected chi connectivity index (χ2v) is 8.36. The minimum atomic E-state index is -2.06. The van der Waals surface area contributed by atoms with Gasteiger partial charge in [0.15, 0.2) is 0 Å². The van der Waals surface area contributed by atoms with Gasteiger partial charge >= 0.3 is 0 Å². The van der Waals surface area contributed by atoms with Gasteiger partial charge in [0, 0.05) is 0 Å². The van der Waals surface area contributed by atoms with Crippen LogP contribution in [0.3, 0.4) is 0 Å². The van der Waals surface area contributed by atoms with E-state index in [4.69, 9.17) is 0 Å². The lowest BCUT2D eigenvalue weighted by Gasteiger charge is -2.22. The third kappa shape index (κ3) is 6.60. The van der Waals surface area contributed by atoms with Crippen LogP contribution in [-0.2, 0) is 4.80 Å². The molecule has 0 bridgehead atoms. The number of hydrogen-bond acceptors (Lipinski definition) is 0. The lowest BCUT2D eigenvalue weighted by molar-refractivity contribution is 0.402. The van der Waals surface area contributed by atoms with Crippen LogP contribution in [-0.4, -0.2) is 8.32 Å². The Morgan fingerprint density at radius 2 is 1.00 bits per heavy atom. The van der Waals surface area contributed by atoms with Crippen molar-refractivity contribution in [2.75, 3.05) is 0 Å². The quantitative estimate of drug-likeness (QED) is 0.494. The third-order valence-electron chi connectivity index (χ3n) is 2.96. The lowest BCUT2D eigenvalue weighted by Crippen LogP contribution is -2.32. The van der Waals surface area contributed by atoms with E-state index in [0.717, 1.165) is 18.1 Å². The summed E-state index contributed by atoms with van der Waals surface area (Å²) in [5, 5.41) is 0. The van der Waals surface area contributed by atoms with Crippen LogP contribution in [0.5, 0.6) is 0 Å². The molecule has 0 aromatic carbocycles. The lowest BCUT2D eigenvalue weighted by atomic mass is 10.4. The molecule has 0 N–H and O–H groups in total. The maximum Gasteiger partial charge on any atom is 0.237 e. The predicted octanol–water partition coefficient (Wildman–Crippen LogP) is 4.76. The monoisotopic (exact) mass is 215 g/mol. The molecule has 0 heterocycles. The molecule has 0 aromatic heterocycles. The van der Waals surface area contributed by atoms with E-state index >= 15 is 0 Å². The normalized spacial score (nSPS) is 12.0. The molecule has 2 heteroatoms. The molecule has 0 amide bonds. The molecule has 0 unspecified atom stereocenters. The van der Waals surface area contributed by atoms with Gasteiger partial charge in [0.05, 0.1) is 0 Å². The highest BCUT2D eigenvalue weighted by atomic mass is 28.4. The maximum atomic E-state index is 12.5. The van der Waals surface area contributed by atoms with Crippen LogP contribution in [0.4, 0.5) is 0 Å². The van der Waals surface area contributed by atoms with Crippen molar-refractivity contribution >= 4 is 8.32 Å². The first-order valence-corrected chi connectivity index (χ1v) is 8.92. The van der Waals surface area contributed by atoms with Crippen molar-refractivity contribution in [3.8, 4) is 0 Å². The Bertz CT molecular complexity index is 104. The summed E-state index contributed by atoms with van der Waals surface area (Å²) < 4.78 is 0. The van der Waals surface area contributed by atoms with Gasteiger partial charge in [0.25, 0.3) is 0 Å². The van der Waals surface area contributed by atoms with Crippen molar-refractivity contribution in [1.29, 1.82) is 0 Å². The second-order valence-electron chi connectivity index (χ2n) is 4.49. The van der Waals surface area contributed by atoms with Gasteiger partial charge < -0.3 is 0 Å². The fourth-order valence-corrected chi connectivity index (χ4v) is 5.62. The molecule has 0 atom stereocenters. The van der Waals surface area contributed by atoms with Crippen LogP contribution in [0.2, 0.25) is 18.1 Å². The third-order valence-corrected chi connectivity index (χ3v) is 6.75. The van der Waals surface area contributed by atoms with Crippen LogP contribution >= 0.6 is 0 Å². The molecule has 0 aliphatic heterocycles. The Morgan fingerprint density at radius 3 is 1.21 bits per heavy atom. The van der Waals surface area contributed by atoms with E-state index in [-0.39, 0.29) is 0 Å². The van der Waals surface area contributed by atoms with Crippen molar-refractivity contribution in [2.45, 2.75) is 77.4 Å². The van der Waals surface area contributed by atoms with Gasteiger partial charge in [-0.1, -0.05) is 59.3 Å². The Balaban J connectivity index is 3.89. The van der Waals surface area contributed by atoms with Crippen LogP contribution < -0.4 is 0 Å². The van der Waals surface area contributed by atoms with Gasteiger partial charge in [-0.15, -0.1) is 0 Å². The Labute approximate surface area is 91.1 Å². The van der Waals surface area contributed by atoms with Crippen LogP contribution in [0.25, 0.3) is 0 Å². The molecular weight excluding hydrogens is 188 g/mol. The minimum absolute atomic E-state index is 1.03. The van der Waals surface area contributed by atoms with Crippen molar-refractivity contribution in [3.05, 3.63) is 0 Å². The molecule has 1 nitrogen and oxygen atoms in total. The van der Waals surface area contributed by atoms with E-state index < -0.39 is 8.32 Å². The summed E-state index contributed by atoms with van der Waals surface area (Å²) in [5.41, 5.74) is 0. The second kappa shape index (κ2) is 8.48. The van der Waals surface area contributed by atoms with Gasteiger partial charge in [-0.05, 0) is 18.1 Å². The molecule has 85 valence electrons. The molecule has 0 saturated heterocycles. The average molecular weight is 215 g/mol. The smallest absolute Gasteiger partial charge is 0.237 e. The summed E-state index contributed by atoms with van der Waals surface area (Å²) in [6, 6.07) is 3.09. The van der Waals surface area contributed by atoms with E-state index in [0.29, 0.717) is 0 Å². The fourth-order valence-electron chi connectivity index (χ4n) is 1.87. The molecule has 0 rings (SSSR count). The SMILES string of the molecule is CCCC[Si]([O])(CCCC)CCCC. The zero-order chi connectivity index (χ0) is 10.9. The standard InChI is InChI=1S/C12H27OSi/c1-4-7-10-14(13,11-8-5-2)12-9-6-3/h4-12H2,1-3H3. The highest BCUT2D eigenvalue weighted by Crippen LogP contribution is 2.25. The van der Waals surface area contributed by atoms with Crippen molar-refractivity contribution in [1.82, 2.24) is 0 Å². The van der Waals surface area contributed by atoms with Crippen LogP contribution in [0.15, 0.2) is 0 Å². The zero-order valence-corrected chi connectivity index (χ0v) is 11.3. The molecule has 0 aliphatic rings. The van der Waals surface area contributed by atoms with E-state index in [1.807, 2.05) is 0 Å². The summed E-state index contributed by atoms with van der Waals surface area (Å²) in [7, 11) is -2.06. The maximum absolute atomic E-state index is 12.5. The van der Waals surface area contributed by atoms with Gasteiger partial charge in [0.1, 0.15) is 0 Å². The first-order valence-electron chi connectivity index (χ1n) is 6.39. The average Bonchev–Trinajstić information content (AvgIpc) is 2.21. The number of rotatable bonds is 9. The van der Waals surface area contributed by atoms with Crippen LogP contribution in [0, 0.1) is 0 Å². The van der Waals surface area contributed by atoms with Gasteiger partial charge in [-0.25, -0.2) is 0 Å². The Hall–Kier alpha value is 0.177. The summed E-state index contributed by atoms with van der Waals surface area (Å²) in [6.07, 6.45) is 7.08. The van der Waals surface area contributed by atoms with E-state index in [1.54, 1.807) is 0 Å².